The van der Waals surface area contributed by atoms with Gasteiger partial charge in [0.25, 0.3) is 0 Å². The zero-order chi connectivity index (χ0) is 12.4. The second-order valence-electron chi connectivity index (χ2n) is 3.08. The normalized spacial score (nSPS) is 10.4. The third-order valence-corrected chi connectivity index (χ3v) is 3.22. The average Bonchev–Trinajstić information content (AvgIpc) is 2.28. The molecule has 0 unspecified atom stereocenters. The number of nitrogens with one attached hydrogen (secondary N) is 1. The molecule has 1 aromatic heterocycles. The van der Waals surface area contributed by atoms with Crippen LogP contribution in [0.25, 0.3) is 0 Å². The highest BCUT2D eigenvalue weighted by Gasteiger charge is 2.07. The molecule has 1 heterocycles. The number of anilines is 2. The summed E-state index contributed by atoms with van der Waals surface area (Å²) in [6.45, 7) is 0. The van der Waals surface area contributed by atoms with Crippen LogP contribution in [-0.4, -0.2) is 9.97 Å². The summed E-state index contributed by atoms with van der Waals surface area (Å²) in [6, 6.07) is 5.10. The van der Waals surface area contributed by atoms with Gasteiger partial charge in [0.2, 0.25) is 5.28 Å². The SMILES string of the molecule is Clc1ccc(Cl)c(Nc2nc(Cl)ncc2Br)c1. The highest BCUT2D eigenvalue weighted by molar-refractivity contribution is 9.10. The Hall–Kier alpha value is -0.550. The molecule has 0 aliphatic carbocycles. The monoisotopic (exact) mass is 351 g/mol. The Bertz CT molecular complexity index is 513. The van der Waals surface area contributed by atoms with Crippen molar-refractivity contribution in [3.8, 4) is 0 Å². The Kier molecular flexibility index (Phi) is 4.09. The maximum Gasteiger partial charge on any atom is 0.224 e. The first kappa shape index (κ1) is 12.9. The van der Waals surface area contributed by atoms with Crippen molar-refractivity contribution in [2.24, 2.45) is 0 Å². The molecule has 7 heteroatoms. The minimum Gasteiger partial charge on any atom is -0.338 e. The third-order valence-electron chi connectivity index (χ3n) is 1.90. The lowest BCUT2D eigenvalue weighted by molar-refractivity contribution is 1.15. The van der Waals surface area contributed by atoms with Crippen molar-refractivity contribution in [1.82, 2.24) is 9.97 Å². The van der Waals surface area contributed by atoms with Crippen molar-refractivity contribution < 1.29 is 0 Å². The Balaban J connectivity index is 2.37. The molecular weight excluding hydrogens is 348 g/mol. The molecule has 88 valence electrons. The molecule has 1 aromatic carbocycles. The molecule has 0 saturated carbocycles. The molecule has 0 bridgehead atoms. The van der Waals surface area contributed by atoms with E-state index in [1.807, 2.05) is 0 Å². The van der Waals surface area contributed by atoms with Gasteiger partial charge >= 0.3 is 0 Å². The van der Waals surface area contributed by atoms with Crippen LogP contribution in [0.3, 0.4) is 0 Å². The third kappa shape index (κ3) is 3.22. The predicted molar refractivity (Wildman–Crippen MR) is 74.5 cm³/mol. The van der Waals surface area contributed by atoms with E-state index in [0.29, 0.717) is 26.0 Å². The highest BCUT2D eigenvalue weighted by Crippen LogP contribution is 2.30. The van der Waals surface area contributed by atoms with E-state index < -0.39 is 0 Å². The van der Waals surface area contributed by atoms with Crippen molar-refractivity contribution in [2.45, 2.75) is 0 Å². The summed E-state index contributed by atoms with van der Waals surface area (Å²) in [5.74, 6) is 0.522. The van der Waals surface area contributed by atoms with Crippen LogP contribution in [-0.2, 0) is 0 Å². The molecule has 0 saturated heterocycles. The van der Waals surface area contributed by atoms with Gasteiger partial charge in [-0.25, -0.2) is 4.98 Å². The van der Waals surface area contributed by atoms with E-state index in [1.165, 1.54) is 0 Å². The first-order valence-corrected chi connectivity index (χ1v) is 6.39. The quantitative estimate of drug-likeness (QED) is 0.777. The molecule has 0 spiro atoms. The Morgan fingerprint density at radius 1 is 1.18 bits per heavy atom. The summed E-state index contributed by atoms with van der Waals surface area (Å²) in [5, 5.41) is 4.29. The van der Waals surface area contributed by atoms with Crippen molar-refractivity contribution in [1.29, 1.82) is 0 Å². The van der Waals surface area contributed by atoms with Gasteiger partial charge in [-0.1, -0.05) is 23.2 Å². The van der Waals surface area contributed by atoms with Gasteiger partial charge in [0.05, 0.1) is 15.2 Å². The fourth-order valence-electron chi connectivity index (χ4n) is 1.15. The summed E-state index contributed by atoms with van der Waals surface area (Å²) in [5.41, 5.74) is 0.648. The number of nitrogens with zero attached hydrogens (tertiary/aromatic N) is 2. The van der Waals surface area contributed by atoms with E-state index in [2.05, 4.69) is 31.2 Å². The van der Waals surface area contributed by atoms with Gasteiger partial charge < -0.3 is 5.32 Å². The number of rotatable bonds is 2. The zero-order valence-electron chi connectivity index (χ0n) is 8.22. The zero-order valence-corrected chi connectivity index (χ0v) is 12.1. The van der Waals surface area contributed by atoms with Gasteiger partial charge in [-0.05, 0) is 45.7 Å². The predicted octanol–water partition coefficient (Wildman–Crippen LogP) is 4.94. The molecule has 0 aliphatic rings. The van der Waals surface area contributed by atoms with Crippen LogP contribution >= 0.6 is 50.7 Å². The highest BCUT2D eigenvalue weighted by atomic mass is 79.9. The van der Waals surface area contributed by atoms with Gasteiger partial charge in [-0.2, -0.15) is 4.98 Å². The van der Waals surface area contributed by atoms with Crippen LogP contribution in [0.1, 0.15) is 0 Å². The largest absolute Gasteiger partial charge is 0.338 e. The number of halogens is 4. The van der Waals surface area contributed by atoms with E-state index in [4.69, 9.17) is 34.8 Å². The Morgan fingerprint density at radius 2 is 1.94 bits per heavy atom. The number of benzene rings is 1. The topological polar surface area (TPSA) is 37.8 Å². The summed E-state index contributed by atoms with van der Waals surface area (Å²) in [7, 11) is 0. The van der Waals surface area contributed by atoms with Gasteiger partial charge in [0.15, 0.2) is 0 Å². The summed E-state index contributed by atoms with van der Waals surface area (Å²) in [6.07, 6.45) is 1.55. The summed E-state index contributed by atoms with van der Waals surface area (Å²) >= 11 is 20.9. The Morgan fingerprint density at radius 3 is 2.71 bits per heavy atom. The second kappa shape index (κ2) is 5.40. The van der Waals surface area contributed by atoms with Crippen LogP contribution in [0.15, 0.2) is 28.9 Å². The smallest absolute Gasteiger partial charge is 0.224 e. The van der Waals surface area contributed by atoms with Crippen molar-refractivity contribution in [3.05, 3.63) is 44.2 Å². The van der Waals surface area contributed by atoms with Crippen molar-refractivity contribution >= 4 is 62.2 Å². The van der Waals surface area contributed by atoms with Gasteiger partial charge in [-0.3, -0.25) is 0 Å². The molecule has 2 aromatic rings. The molecule has 0 fully saturated rings. The van der Waals surface area contributed by atoms with Crippen LogP contribution in [0.5, 0.6) is 0 Å². The van der Waals surface area contributed by atoms with Gasteiger partial charge in [0.1, 0.15) is 5.82 Å². The fraction of sp³-hybridized carbons (Fsp3) is 0. The fourth-order valence-corrected chi connectivity index (χ4v) is 1.91. The first-order valence-electron chi connectivity index (χ1n) is 4.46. The van der Waals surface area contributed by atoms with E-state index in [1.54, 1.807) is 24.4 Å². The minimum absolute atomic E-state index is 0.147. The van der Waals surface area contributed by atoms with Crippen molar-refractivity contribution in [2.75, 3.05) is 5.32 Å². The van der Waals surface area contributed by atoms with Crippen molar-refractivity contribution in [3.63, 3.8) is 0 Å². The molecule has 3 nitrogen and oxygen atoms in total. The molecule has 0 radical (unpaired) electrons. The second-order valence-corrected chi connectivity index (χ2v) is 5.12. The standard InChI is InChI=1S/C10H5BrCl3N3/c11-6-4-15-10(14)17-9(6)16-8-3-5(12)1-2-7(8)13/h1-4H,(H,15,16,17). The molecule has 17 heavy (non-hydrogen) atoms. The molecule has 0 atom stereocenters. The summed E-state index contributed by atoms with van der Waals surface area (Å²) < 4.78 is 0.679. The van der Waals surface area contributed by atoms with E-state index in [9.17, 15) is 0 Å². The number of hydrogen-bond donors (Lipinski definition) is 1. The number of hydrogen-bond acceptors (Lipinski definition) is 3. The molecule has 1 N–H and O–H groups in total. The first-order chi connectivity index (χ1) is 8.06. The van der Waals surface area contributed by atoms with Crippen LogP contribution in [0.2, 0.25) is 15.3 Å². The molecule has 2 rings (SSSR count). The maximum atomic E-state index is 6.03. The lowest BCUT2D eigenvalue weighted by atomic mass is 10.3. The maximum absolute atomic E-state index is 6.03. The lowest BCUT2D eigenvalue weighted by Crippen LogP contribution is -1.97. The minimum atomic E-state index is 0.147. The number of aromatic nitrogens is 2. The Labute approximate surface area is 121 Å². The molecule has 0 aliphatic heterocycles. The van der Waals surface area contributed by atoms with E-state index in [-0.39, 0.29) is 5.28 Å². The van der Waals surface area contributed by atoms with Crippen LogP contribution in [0.4, 0.5) is 11.5 Å². The molecular formula is C10H5BrCl3N3. The van der Waals surface area contributed by atoms with Crippen LogP contribution in [0, 0.1) is 0 Å². The lowest BCUT2D eigenvalue weighted by Gasteiger charge is -2.09. The molecule has 0 amide bonds. The van der Waals surface area contributed by atoms with Gasteiger partial charge in [0, 0.05) is 11.2 Å². The van der Waals surface area contributed by atoms with E-state index >= 15 is 0 Å². The average molecular weight is 353 g/mol. The summed E-state index contributed by atoms with van der Waals surface area (Å²) in [4.78, 5) is 7.86. The van der Waals surface area contributed by atoms with E-state index in [0.717, 1.165) is 0 Å². The van der Waals surface area contributed by atoms with Gasteiger partial charge in [-0.15, -0.1) is 0 Å². The van der Waals surface area contributed by atoms with Crippen LogP contribution < -0.4 is 5.32 Å².